The van der Waals surface area contributed by atoms with Crippen LogP contribution in [0.25, 0.3) is 22.6 Å². The van der Waals surface area contributed by atoms with Crippen LogP contribution in [0.5, 0.6) is 0 Å². The number of furan rings is 1. The molecular formula is C23H21N5O4. The third-order valence-corrected chi connectivity index (χ3v) is 5.49. The van der Waals surface area contributed by atoms with Crippen LogP contribution in [-0.4, -0.2) is 35.0 Å². The van der Waals surface area contributed by atoms with Crippen molar-refractivity contribution in [3.63, 3.8) is 0 Å². The van der Waals surface area contributed by atoms with E-state index in [1.807, 2.05) is 23.1 Å². The summed E-state index contributed by atoms with van der Waals surface area (Å²) < 4.78 is 10.7. The van der Waals surface area contributed by atoms with Crippen molar-refractivity contribution in [2.24, 2.45) is 0 Å². The maximum absolute atomic E-state index is 13.0. The quantitative estimate of drug-likeness (QED) is 0.478. The second kappa shape index (κ2) is 8.18. The molecule has 9 heteroatoms. The fourth-order valence-corrected chi connectivity index (χ4v) is 4.01. The first-order valence-corrected chi connectivity index (χ1v) is 10.3. The molecule has 0 atom stereocenters. The summed E-state index contributed by atoms with van der Waals surface area (Å²) in [4.78, 5) is 31.9. The molecular weight excluding hydrogens is 410 g/mol. The van der Waals surface area contributed by atoms with Crippen molar-refractivity contribution in [1.29, 1.82) is 0 Å². The first kappa shape index (κ1) is 19.8. The lowest BCUT2D eigenvalue weighted by Gasteiger charge is -2.30. The SMILES string of the molecule is Cc1noc2nc(-c3ccco3)cc(C(=O)NNC(=O)CN3CCCc4ccccc43)c12. The average Bonchev–Trinajstić information content (AvgIpc) is 3.48. The van der Waals surface area contributed by atoms with Crippen LogP contribution in [0.3, 0.4) is 0 Å². The summed E-state index contributed by atoms with van der Waals surface area (Å²) in [6.45, 7) is 2.66. The molecule has 1 aliphatic rings. The van der Waals surface area contributed by atoms with Crippen molar-refractivity contribution >= 4 is 28.6 Å². The number of aromatic nitrogens is 2. The number of amides is 2. The molecule has 4 aromatic rings. The summed E-state index contributed by atoms with van der Waals surface area (Å²) >= 11 is 0. The fraction of sp³-hybridized carbons (Fsp3) is 0.217. The van der Waals surface area contributed by atoms with Gasteiger partial charge >= 0.3 is 0 Å². The predicted octanol–water partition coefficient (Wildman–Crippen LogP) is 3.01. The van der Waals surface area contributed by atoms with E-state index in [0.717, 1.165) is 25.1 Å². The molecule has 1 aliphatic heterocycles. The van der Waals surface area contributed by atoms with Gasteiger partial charge < -0.3 is 13.8 Å². The predicted molar refractivity (Wildman–Crippen MR) is 117 cm³/mol. The molecule has 0 aliphatic carbocycles. The molecule has 4 heterocycles. The maximum Gasteiger partial charge on any atom is 0.270 e. The van der Waals surface area contributed by atoms with Crippen molar-refractivity contribution in [2.45, 2.75) is 19.8 Å². The summed E-state index contributed by atoms with van der Waals surface area (Å²) in [6, 6.07) is 13.1. The van der Waals surface area contributed by atoms with Crippen molar-refractivity contribution in [1.82, 2.24) is 21.0 Å². The number of aryl methyl sites for hydroxylation is 2. The molecule has 0 radical (unpaired) electrons. The van der Waals surface area contributed by atoms with Gasteiger partial charge in [-0.3, -0.25) is 20.4 Å². The van der Waals surface area contributed by atoms with Crippen molar-refractivity contribution in [3.8, 4) is 11.5 Å². The van der Waals surface area contributed by atoms with Gasteiger partial charge in [-0.2, -0.15) is 0 Å². The molecule has 0 spiro atoms. The van der Waals surface area contributed by atoms with E-state index >= 15 is 0 Å². The Morgan fingerprint density at radius 2 is 2.03 bits per heavy atom. The van der Waals surface area contributed by atoms with Gasteiger partial charge in [0.25, 0.3) is 17.5 Å². The normalized spacial score (nSPS) is 13.1. The number of hydrogen-bond donors (Lipinski definition) is 2. The number of nitrogens with one attached hydrogen (secondary N) is 2. The Morgan fingerprint density at radius 1 is 1.16 bits per heavy atom. The van der Waals surface area contributed by atoms with E-state index in [1.54, 1.807) is 25.1 Å². The van der Waals surface area contributed by atoms with E-state index in [1.165, 1.54) is 11.8 Å². The molecule has 0 unspecified atom stereocenters. The van der Waals surface area contributed by atoms with Crippen LogP contribution in [-0.2, 0) is 11.2 Å². The first-order chi connectivity index (χ1) is 15.6. The van der Waals surface area contributed by atoms with E-state index in [-0.39, 0.29) is 23.7 Å². The Hall–Kier alpha value is -4.14. The third-order valence-electron chi connectivity index (χ3n) is 5.49. The van der Waals surface area contributed by atoms with Crippen LogP contribution in [0.4, 0.5) is 5.69 Å². The van der Waals surface area contributed by atoms with Gasteiger partial charge in [0.15, 0.2) is 5.76 Å². The molecule has 2 amide bonds. The Morgan fingerprint density at radius 3 is 2.88 bits per heavy atom. The Kier molecular flexibility index (Phi) is 5.06. The second-order valence-corrected chi connectivity index (χ2v) is 7.64. The summed E-state index contributed by atoms with van der Waals surface area (Å²) in [7, 11) is 0. The average molecular weight is 431 g/mol. The zero-order valence-corrected chi connectivity index (χ0v) is 17.4. The van der Waals surface area contributed by atoms with Crippen molar-refractivity contribution in [3.05, 3.63) is 65.5 Å². The zero-order valence-electron chi connectivity index (χ0n) is 17.4. The minimum atomic E-state index is -0.496. The van der Waals surface area contributed by atoms with Crippen LogP contribution in [0.2, 0.25) is 0 Å². The van der Waals surface area contributed by atoms with E-state index in [9.17, 15) is 9.59 Å². The van der Waals surface area contributed by atoms with Gasteiger partial charge in [-0.15, -0.1) is 0 Å². The molecule has 9 nitrogen and oxygen atoms in total. The first-order valence-electron chi connectivity index (χ1n) is 10.3. The van der Waals surface area contributed by atoms with Crippen LogP contribution in [0.1, 0.15) is 28.0 Å². The number of hydrazine groups is 1. The van der Waals surface area contributed by atoms with Gasteiger partial charge in [0, 0.05) is 12.2 Å². The highest BCUT2D eigenvalue weighted by molar-refractivity contribution is 6.07. The van der Waals surface area contributed by atoms with Crippen LogP contribution >= 0.6 is 0 Å². The number of fused-ring (bicyclic) bond motifs is 2. The van der Waals surface area contributed by atoms with Crippen LogP contribution in [0.15, 0.2) is 57.7 Å². The number of hydrogen-bond acceptors (Lipinski definition) is 7. The highest BCUT2D eigenvalue weighted by atomic mass is 16.5. The molecule has 3 aromatic heterocycles. The number of benzene rings is 1. The molecule has 0 bridgehead atoms. The summed E-state index contributed by atoms with van der Waals surface area (Å²) in [5, 5.41) is 4.40. The lowest BCUT2D eigenvalue weighted by Crippen LogP contribution is -2.47. The zero-order chi connectivity index (χ0) is 22.1. The summed E-state index contributed by atoms with van der Waals surface area (Å²) in [6.07, 6.45) is 3.50. The monoisotopic (exact) mass is 431 g/mol. The highest BCUT2D eigenvalue weighted by Crippen LogP contribution is 2.28. The number of carbonyl (C=O) groups is 2. The van der Waals surface area contributed by atoms with Gasteiger partial charge in [-0.05, 0) is 49.6 Å². The Bertz CT molecular complexity index is 1300. The third kappa shape index (κ3) is 3.68. The highest BCUT2D eigenvalue weighted by Gasteiger charge is 2.22. The number of nitrogens with zero attached hydrogens (tertiary/aromatic N) is 3. The number of anilines is 1. The Balaban J connectivity index is 1.32. The number of pyridine rings is 1. The van der Waals surface area contributed by atoms with Gasteiger partial charge in [0.2, 0.25) is 0 Å². The van der Waals surface area contributed by atoms with Crippen molar-refractivity contribution < 1.29 is 18.5 Å². The summed E-state index contributed by atoms with van der Waals surface area (Å²) in [5.41, 5.74) is 8.76. The van der Waals surface area contributed by atoms with E-state index in [4.69, 9.17) is 8.94 Å². The number of rotatable bonds is 4. The molecule has 32 heavy (non-hydrogen) atoms. The van der Waals surface area contributed by atoms with E-state index in [2.05, 4.69) is 27.1 Å². The maximum atomic E-state index is 13.0. The molecule has 0 saturated carbocycles. The largest absolute Gasteiger partial charge is 0.463 e. The smallest absolute Gasteiger partial charge is 0.270 e. The molecule has 2 N–H and O–H groups in total. The molecule has 162 valence electrons. The molecule has 0 fully saturated rings. The minimum absolute atomic E-state index is 0.146. The van der Waals surface area contributed by atoms with Gasteiger partial charge in [0.1, 0.15) is 5.69 Å². The van der Waals surface area contributed by atoms with Crippen molar-refractivity contribution in [2.75, 3.05) is 18.0 Å². The molecule has 0 saturated heterocycles. The lowest BCUT2D eigenvalue weighted by atomic mass is 10.0. The minimum Gasteiger partial charge on any atom is -0.463 e. The van der Waals surface area contributed by atoms with E-state index < -0.39 is 5.91 Å². The van der Waals surface area contributed by atoms with E-state index in [0.29, 0.717) is 22.5 Å². The van der Waals surface area contributed by atoms with Gasteiger partial charge in [-0.1, -0.05) is 23.4 Å². The van der Waals surface area contributed by atoms with Gasteiger partial charge in [0.05, 0.1) is 29.5 Å². The van der Waals surface area contributed by atoms with Crippen LogP contribution < -0.4 is 15.8 Å². The molecule has 1 aromatic carbocycles. The van der Waals surface area contributed by atoms with Gasteiger partial charge in [-0.25, -0.2) is 4.98 Å². The number of para-hydroxylation sites is 1. The summed E-state index contributed by atoms with van der Waals surface area (Å²) in [5.74, 6) is -0.319. The number of carbonyl (C=O) groups excluding carboxylic acids is 2. The Labute approximate surface area is 183 Å². The lowest BCUT2D eigenvalue weighted by molar-refractivity contribution is -0.120. The topological polar surface area (TPSA) is 113 Å². The standard InChI is InChI=1S/C23H21N5O4/c1-14-21-16(12-17(19-9-5-11-31-19)24-23(21)32-27-14)22(30)26-25-20(29)13-28-10-4-7-15-6-2-3-8-18(15)28/h2-3,5-6,8-9,11-12H,4,7,10,13H2,1H3,(H,25,29)(H,26,30). The fourth-order valence-electron chi connectivity index (χ4n) is 4.01. The molecule has 5 rings (SSSR count). The van der Waals surface area contributed by atoms with Crippen LogP contribution in [0, 0.1) is 6.92 Å². The second-order valence-electron chi connectivity index (χ2n) is 7.64.